The highest BCUT2D eigenvalue weighted by Gasteiger charge is 2.34. The van der Waals surface area contributed by atoms with Gasteiger partial charge in [-0.05, 0) is 36.1 Å². The summed E-state index contributed by atoms with van der Waals surface area (Å²) in [5.74, 6) is 0.227. The first kappa shape index (κ1) is 13.1. The molecule has 2 atom stereocenters. The van der Waals surface area contributed by atoms with Gasteiger partial charge < -0.3 is 15.3 Å². The smallest absolute Gasteiger partial charge is 0.254 e. The number of anilines is 1. The van der Waals surface area contributed by atoms with E-state index in [1.54, 1.807) is 23.1 Å². The fourth-order valence-electron chi connectivity index (χ4n) is 3.07. The summed E-state index contributed by atoms with van der Waals surface area (Å²) < 4.78 is 0. The van der Waals surface area contributed by atoms with Crippen molar-refractivity contribution < 1.29 is 14.7 Å². The lowest BCUT2D eigenvalue weighted by molar-refractivity contribution is -0.115. The number of amides is 2. The van der Waals surface area contributed by atoms with Gasteiger partial charge >= 0.3 is 0 Å². The Morgan fingerprint density at radius 3 is 3.05 bits per heavy atom. The maximum absolute atomic E-state index is 12.6. The molecule has 2 unspecified atom stereocenters. The molecule has 1 saturated heterocycles. The van der Waals surface area contributed by atoms with Crippen LogP contribution in [0.2, 0.25) is 0 Å². The summed E-state index contributed by atoms with van der Waals surface area (Å²) in [5.41, 5.74) is 2.25. The first-order chi connectivity index (χ1) is 9.60. The molecule has 5 nitrogen and oxygen atoms in total. The molecule has 1 aromatic carbocycles. The standard InChI is InChI=1S/C15H18N2O3/c1-9-4-5-17(13(9)8-18)15(20)10-2-3-12-11(6-10)7-14(19)16-12/h2-3,6,9,13,18H,4-5,7-8H2,1H3,(H,16,19). The number of nitrogens with zero attached hydrogens (tertiary/aromatic N) is 1. The van der Waals surface area contributed by atoms with Gasteiger partial charge in [0.15, 0.2) is 0 Å². The largest absolute Gasteiger partial charge is 0.394 e. The molecule has 0 bridgehead atoms. The van der Waals surface area contributed by atoms with Crippen LogP contribution in [0.1, 0.15) is 29.3 Å². The third-order valence-electron chi connectivity index (χ3n) is 4.31. The lowest BCUT2D eigenvalue weighted by Crippen LogP contribution is -2.39. The fraction of sp³-hybridized carbons (Fsp3) is 0.467. The van der Waals surface area contributed by atoms with Crippen LogP contribution in [-0.2, 0) is 11.2 Å². The predicted molar refractivity (Wildman–Crippen MR) is 74.5 cm³/mol. The van der Waals surface area contributed by atoms with E-state index in [1.807, 2.05) is 0 Å². The van der Waals surface area contributed by atoms with Crippen LogP contribution in [0.15, 0.2) is 18.2 Å². The summed E-state index contributed by atoms with van der Waals surface area (Å²) in [5, 5.41) is 12.2. The first-order valence-corrected chi connectivity index (χ1v) is 6.94. The van der Waals surface area contributed by atoms with Crippen molar-refractivity contribution in [3.05, 3.63) is 29.3 Å². The molecule has 0 aromatic heterocycles. The molecule has 0 spiro atoms. The summed E-state index contributed by atoms with van der Waals surface area (Å²) in [6.07, 6.45) is 1.25. The number of carbonyl (C=O) groups excluding carboxylic acids is 2. The minimum atomic E-state index is -0.101. The highest BCUT2D eigenvalue weighted by Crippen LogP contribution is 2.28. The third kappa shape index (κ3) is 2.08. The van der Waals surface area contributed by atoms with Gasteiger partial charge in [-0.2, -0.15) is 0 Å². The zero-order valence-electron chi connectivity index (χ0n) is 11.4. The zero-order valence-corrected chi connectivity index (χ0v) is 11.4. The molecule has 106 valence electrons. The molecular weight excluding hydrogens is 256 g/mol. The van der Waals surface area contributed by atoms with E-state index in [0.717, 1.165) is 17.7 Å². The molecule has 1 fully saturated rings. The van der Waals surface area contributed by atoms with Crippen LogP contribution in [0.4, 0.5) is 5.69 Å². The number of rotatable bonds is 2. The molecule has 2 heterocycles. The number of benzene rings is 1. The quantitative estimate of drug-likeness (QED) is 0.846. The van der Waals surface area contributed by atoms with Crippen molar-refractivity contribution in [1.82, 2.24) is 4.90 Å². The van der Waals surface area contributed by atoms with Crippen LogP contribution in [0.5, 0.6) is 0 Å². The van der Waals surface area contributed by atoms with Crippen LogP contribution in [-0.4, -0.2) is 41.0 Å². The average Bonchev–Trinajstić information content (AvgIpc) is 2.98. The number of aliphatic hydroxyl groups is 1. The molecule has 5 heteroatoms. The van der Waals surface area contributed by atoms with E-state index in [-0.39, 0.29) is 24.5 Å². The predicted octanol–water partition coefficient (Wildman–Crippen LogP) is 1.02. The number of hydrogen-bond acceptors (Lipinski definition) is 3. The second-order valence-electron chi connectivity index (χ2n) is 5.61. The molecule has 2 aliphatic rings. The van der Waals surface area contributed by atoms with E-state index in [9.17, 15) is 14.7 Å². The van der Waals surface area contributed by atoms with Gasteiger partial charge in [0.1, 0.15) is 0 Å². The minimum absolute atomic E-state index is 0.00209. The molecule has 2 aliphatic heterocycles. The summed E-state index contributed by atoms with van der Waals surface area (Å²) in [6, 6.07) is 5.20. The van der Waals surface area contributed by atoms with E-state index in [2.05, 4.69) is 12.2 Å². The summed E-state index contributed by atoms with van der Waals surface area (Å²) in [7, 11) is 0. The molecule has 0 radical (unpaired) electrons. The Hall–Kier alpha value is -1.88. The highest BCUT2D eigenvalue weighted by molar-refractivity contribution is 6.01. The van der Waals surface area contributed by atoms with Crippen molar-refractivity contribution in [3.63, 3.8) is 0 Å². The van der Waals surface area contributed by atoms with Gasteiger partial charge in [0.25, 0.3) is 5.91 Å². The second kappa shape index (κ2) is 4.90. The first-order valence-electron chi connectivity index (χ1n) is 6.94. The van der Waals surface area contributed by atoms with Crippen LogP contribution in [0.25, 0.3) is 0 Å². The Kier molecular flexibility index (Phi) is 3.22. The van der Waals surface area contributed by atoms with Gasteiger partial charge in [0.05, 0.1) is 19.1 Å². The Labute approximate surface area is 117 Å². The van der Waals surface area contributed by atoms with E-state index in [0.29, 0.717) is 24.4 Å². The number of nitrogens with one attached hydrogen (secondary N) is 1. The summed E-state index contributed by atoms with van der Waals surface area (Å²) in [4.78, 5) is 25.6. The van der Waals surface area contributed by atoms with E-state index >= 15 is 0 Å². The number of hydrogen-bond donors (Lipinski definition) is 2. The lowest BCUT2D eigenvalue weighted by Gasteiger charge is -2.25. The fourth-order valence-corrected chi connectivity index (χ4v) is 3.07. The molecule has 2 N–H and O–H groups in total. The van der Waals surface area contributed by atoms with Crippen molar-refractivity contribution in [1.29, 1.82) is 0 Å². The van der Waals surface area contributed by atoms with Crippen molar-refractivity contribution in [2.45, 2.75) is 25.8 Å². The number of aliphatic hydroxyl groups excluding tert-OH is 1. The lowest BCUT2D eigenvalue weighted by atomic mass is 10.0. The monoisotopic (exact) mass is 274 g/mol. The maximum Gasteiger partial charge on any atom is 0.254 e. The van der Waals surface area contributed by atoms with Crippen LogP contribution >= 0.6 is 0 Å². The minimum Gasteiger partial charge on any atom is -0.394 e. The molecule has 1 aromatic rings. The van der Waals surface area contributed by atoms with Gasteiger partial charge in [-0.15, -0.1) is 0 Å². The normalized spacial score (nSPS) is 24.7. The van der Waals surface area contributed by atoms with Crippen molar-refractivity contribution in [2.24, 2.45) is 5.92 Å². The number of carbonyl (C=O) groups is 2. The number of likely N-dealkylation sites (tertiary alicyclic amines) is 1. The van der Waals surface area contributed by atoms with Gasteiger partial charge in [-0.1, -0.05) is 6.92 Å². The van der Waals surface area contributed by atoms with Crippen molar-refractivity contribution in [3.8, 4) is 0 Å². The molecule has 20 heavy (non-hydrogen) atoms. The van der Waals surface area contributed by atoms with Gasteiger partial charge in [-0.25, -0.2) is 0 Å². The molecule has 0 saturated carbocycles. The molecule has 0 aliphatic carbocycles. The Morgan fingerprint density at radius 2 is 2.30 bits per heavy atom. The van der Waals surface area contributed by atoms with Crippen LogP contribution in [0, 0.1) is 5.92 Å². The average molecular weight is 274 g/mol. The summed E-state index contributed by atoms with van der Waals surface area (Å²) >= 11 is 0. The second-order valence-corrected chi connectivity index (χ2v) is 5.61. The topological polar surface area (TPSA) is 69.6 Å². The van der Waals surface area contributed by atoms with E-state index in [4.69, 9.17) is 0 Å². The Bertz CT molecular complexity index is 570. The third-order valence-corrected chi connectivity index (χ3v) is 4.31. The van der Waals surface area contributed by atoms with Crippen LogP contribution < -0.4 is 5.32 Å². The SMILES string of the molecule is CC1CCN(C(=O)c2ccc3c(c2)CC(=O)N3)C1CO. The maximum atomic E-state index is 12.6. The van der Waals surface area contributed by atoms with Crippen molar-refractivity contribution in [2.75, 3.05) is 18.5 Å². The van der Waals surface area contributed by atoms with Gasteiger partial charge in [-0.3, -0.25) is 9.59 Å². The van der Waals surface area contributed by atoms with E-state index in [1.165, 1.54) is 0 Å². The van der Waals surface area contributed by atoms with E-state index < -0.39 is 0 Å². The number of fused-ring (bicyclic) bond motifs is 1. The highest BCUT2D eigenvalue weighted by atomic mass is 16.3. The molecule has 3 rings (SSSR count). The summed E-state index contributed by atoms with van der Waals surface area (Å²) in [6.45, 7) is 2.73. The Morgan fingerprint density at radius 1 is 1.50 bits per heavy atom. The molecular formula is C15H18N2O3. The molecule has 2 amide bonds. The van der Waals surface area contributed by atoms with Crippen LogP contribution in [0.3, 0.4) is 0 Å². The Balaban J connectivity index is 1.85. The van der Waals surface area contributed by atoms with Gasteiger partial charge in [0, 0.05) is 17.8 Å². The zero-order chi connectivity index (χ0) is 14.3. The van der Waals surface area contributed by atoms with Crippen molar-refractivity contribution >= 4 is 17.5 Å². The van der Waals surface area contributed by atoms with Gasteiger partial charge in [0.2, 0.25) is 5.91 Å².